The zero-order valence-electron chi connectivity index (χ0n) is 18.3. The van der Waals surface area contributed by atoms with Gasteiger partial charge in [-0.2, -0.15) is 0 Å². The molecule has 0 spiro atoms. The Hall–Kier alpha value is -3.36. The van der Waals surface area contributed by atoms with E-state index >= 15 is 0 Å². The van der Waals surface area contributed by atoms with Gasteiger partial charge in [0.2, 0.25) is 5.43 Å². The standard InChI is InChI=1S/C26H22F2N2O4/c27-17-8-3-9-18(23(17)28)30-19(14-4-1-5-14)12-20-22(26(30)32)24(31)16-7-2-6-15(25(16)34-20)21-13-29-10-11-33-21/h2-3,6-9,12,14,21,29H,1,4-5,10-11,13H2. The van der Waals surface area contributed by atoms with Gasteiger partial charge in [-0.3, -0.25) is 14.2 Å². The summed E-state index contributed by atoms with van der Waals surface area (Å²) in [4.78, 5) is 27.2. The Balaban J connectivity index is 1.68. The molecular weight excluding hydrogens is 442 g/mol. The van der Waals surface area contributed by atoms with Crippen molar-refractivity contribution in [1.29, 1.82) is 0 Å². The number of hydrogen-bond acceptors (Lipinski definition) is 5. The van der Waals surface area contributed by atoms with Gasteiger partial charge in [-0.15, -0.1) is 0 Å². The van der Waals surface area contributed by atoms with Crippen LogP contribution in [0.25, 0.3) is 27.6 Å². The lowest BCUT2D eigenvalue weighted by atomic mass is 9.82. The van der Waals surface area contributed by atoms with Gasteiger partial charge in [-0.25, -0.2) is 8.78 Å². The quantitative estimate of drug-likeness (QED) is 0.458. The minimum absolute atomic E-state index is 0.0121. The SMILES string of the molecule is O=c1c2cccc(C3CNCCO3)c2oc2cc(C3CCC3)n(-c3cccc(F)c3F)c(=O)c12. The number of aromatic nitrogens is 1. The van der Waals surface area contributed by atoms with Crippen LogP contribution in [0.15, 0.2) is 56.5 Å². The van der Waals surface area contributed by atoms with Crippen LogP contribution in [-0.2, 0) is 4.74 Å². The second-order valence-electron chi connectivity index (χ2n) is 8.87. The van der Waals surface area contributed by atoms with Crippen molar-refractivity contribution in [1.82, 2.24) is 9.88 Å². The summed E-state index contributed by atoms with van der Waals surface area (Å²) in [5.74, 6) is -2.19. The maximum atomic E-state index is 14.8. The number of halogens is 2. The first-order valence-corrected chi connectivity index (χ1v) is 11.5. The minimum Gasteiger partial charge on any atom is -0.455 e. The summed E-state index contributed by atoms with van der Waals surface area (Å²) in [6, 6.07) is 10.5. The van der Waals surface area contributed by atoms with Crippen LogP contribution < -0.4 is 16.3 Å². The molecule has 1 aliphatic carbocycles. The number of morpholine rings is 1. The highest BCUT2D eigenvalue weighted by Crippen LogP contribution is 2.38. The molecule has 2 aromatic heterocycles. The summed E-state index contributed by atoms with van der Waals surface area (Å²) < 4.78 is 42.1. The third kappa shape index (κ3) is 3.20. The van der Waals surface area contributed by atoms with E-state index in [9.17, 15) is 18.4 Å². The third-order valence-corrected chi connectivity index (χ3v) is 6.90. The van der Waals surface area contributed by atoms with Gasteiger partial charge in [0, 0.05) is 30.4 Å². The minimum atomic E-state index is -1.13. The van der Waals surface area contributed by atoms with Crippen LogP contribution in [0, 0.1) is 11.6 Å². The average molecular weight is 464 g/mol. The maximum Gasteiger partial charge on any atom is 0.270 e. The van der Waals surface area contributed by atoms with Crippen LogP contribution in [0.4, 0.5) is 8.78 Å². The highest BCUT2D eigenvalue weighted by atomic mass is 19.2. The number of para-hydroxylation sites is 1. The zero-order valence-corrected chi connectivity index (χ0v) is 18.3. The van der Waals surface area contributed by atoms with Crippen LogP contribution >= 0.6 is 0 Å². The fourth-order valence-electron chi connectivity index (χ4n) is 4.92. The molecule has 0 bridgehead atoms. The summed E-state index contributed by atoms with van der Waals surface area (Å²) in [5, 5.41) is 3.34. The van der Waals surface area contributed by atoms with Crippen molar-refractivity contribution in [3.63, 3.8) is 0 Å². The monoisotopic (exact) mass is 464 g/mol. The first-order valence-electron chi connectivity index (χ1n) is 11.5. The third-order valence-electron chi connectivity index (χ3n) is 6.90. The van der Waals surface area contributed by atoms with Crippen molar-refractivity contribution < 1.29 is 17.9 Å². The highest BCUT2D eigenvalue weighted by molar-refractivity contribution is 5.91. The van der Waals surface area contributed by atoms with E-state index in [1.807, 2.05) is 6.07 Å². The van der Waals surface area contributed by atoms with Gasteiger partial charge in [-0.1, -0.05) is 24.6 Å². The topological polar surface area (TPSA) is 73.5 Å². The number of nitrogens with zero attached hydrogens (tertiary/aromatic N) is 1. The number of ether oxygens (including phenoxy) is 1. The Labute approximate surface area is 192 Å². The van der Waals surface area contributed by atoms with Crippen LogP contribution in [-0.4, -0.2) is 24.3 Å². The van der Waals surface area contributed by atoms with E-state index in [-0.39, 0.29) is 34.1 Å². The van der Waals surface area contributed by atoms with Gasteiger partial charge in [-0.05, 0) is 37.0 Å². The molecule has 2 aliphatic rings. The van der Waals surface area contributed by atoms with E-state index in [1.165, 1.54) is 12.1 Å². The number of nitrogens with one attached hydrogen (secondary N) is 1. The maximum absolute atomic E-state index is 14.8. The molecule has 8 heteroatoms. The Kier molecular flexibility index (Phi) is 5.08. The molecule has 174 valence electrons. The number of rotatable bonds is 3. The van der Waals surface area contributed by atoms with Crippen molar-refractivity contribution in [3.05, 3.63) is 85.9 Å². The lowest BCUT2D eigenvalue weighted by Gasteiger charge is -2.29. The molecule has 6 nitrogen and oxygen atoms in total. The normalized spacial score (nSPS) is 18.9. The first-order chi connectivity index (χ1) is 16.5. The molecule has 3 heterocycles. The van der Waals surface area contributed by atoms with E-state index in [1.54, 1.807) is 18.2 Å². The van der Waals surface area contributed by atoms with E-state index < -0.39 is 22.6 Å². The predicted octanol–water partition coefficient (Wildman–Crippen LogP) is 4.30. The van der Waals surface area contributed by atoms with Crippen molar-refractivity contribution in [2.45, 2.75) is 31.3 Å². The molecule has 1 aliphatic heterocycles. The number of pyridine rings is 1. The molecule has 1 saturated heterocycles. The molecule has 2 aromatic carbocycles. The Bertz CT molecular complexity index is 1550. The molecule has 0 radical (unpaired) electrons. The van der Waals surface area contributed by atoms with Crippen LogP contribution in [0.3, 0.4) is 0 Å². The van der Waals surface area contributed by atoms with Crippen molar-refractivity contribution in [2.75, 3.05) is 19.7 Å². The molecule has 4 aromatic rings. The second kappa shape index (κ2) is 8.14. The molecule has 6 rings (SSSR count). The lowest BCUT2D eigenvalue weighted by Crippen LogP contribution is -2.33. The van der Waals surface area contributed by atoms with E-state index in [2.05, 4.69) is 5.32 Å². The summed E-state index contributed by atoms with van der Waals surface area (Å²) in [7, 11) is 0. The van der Waals surface area contributed by atoms with Gasteiger partial charge in [0.1, 0.15) is 16.6 Å². The van der Waals surface area contributed by atoms with Gasteiger partial charge in [0.15, 0.2) is 11.6 Å². The molecule has 1 atom stereocenters. The zero-order chi connectivity index (χ0) is 23.4. The van der Waals surface area contributed by atoms with Gasteiger partial charge in [0.05, 0.1) is 23.8 Å². The number of benzene rings is 2. The molecule has 1 N–H and O–H groups in total. The average Bonchev–Trinajstić information content (AvgIpc) is 2.81. The Morgan fingerprint density at radius 2 is 1.88 bits per heavy atom. The van der Waals surface area contributed by atoms with Crippen molar-refractivity contribution in [3.8, 4) is 5.69 Å². The van der Waals surface area contributed by atoms with E-state index in [0.717, 1.165) is 42.0 Å². The molecule has 0 amide bonds. The smallest absolute Gasteiger partial charge is 0.270 e. The highest BCUT2D eigenvalue weighted by Gasteiger charge is 2.29. The molecular formula is C26H22F2N2O4. The molecule has 1 unspecified atom stereocenters. The Morgan fingerprint density at radius 3 is 2.62 bits per heavy atom. The van der Waals surface area contributed by atoms with E-state index in [0.29, 0.717) is 24.4 Å². The summed E-state index contributed by atoms with van der Waals surface area (Å²) in [6.07, 6.45) is 2.31. The van der Waals surface area contributed by atoms with Gasteiger partial charge >= 0.3 is 0 Å². The Morgan fingerprint density at radius 1 is 1.06 bits per heavy atom. The summed E-state index contributed by atoms with van der Waals surface area (Å²) in [5.41, 5.74) is 0.357. The fourth-order valence-corrected chi connectivity index (χ4v) is 4.92. The first kappa shape index (κ1) is 21.2. The molecule has 34 heavy (non-hydrogen) atoms. The van der Waals surface area contributed by atoms with E-state index in [4.69, 9.17) is 9.15 Å². The molecule has 2 fully saturated rings. The summed E-state index contributed by atoms with van der Waals surface area (Å²) >= 11 is 0. The van der Waals surface area contributed by atoms with Crippen LogP contribution in [0.1, 0.15) is 42.5 Å². The number of fused-ring (bicyclic) bond motifs is 2. The van der Waals surface area contributed by atoms with Gasteiger partial charge in [0.25, 0.3) is 5.56 Å². The lowest BCUT2D eigenvalue weighted by molar-refractivity contribution is 0.0281. The number of hydrogen-bond donors (Lipinski definition) is 1. The largest absolute Gasteiger partial charge is 0.455 e. The van der Waals surface area contributed by atoms with Gasteiger partial charge < -0.3 is 14.5 Å². The fraction of sp³-hybridized carbons (Fsp3) is 0.308. The second-order valence-corrected chi connectivity index (χ2v) is 8.87. The predicted molar refractivity (Wildman–Crippen MR) is 124 cm³/mol. The van der Waals surface area contributed by atoms with Crippen molar-refractivity contribution >= 4 is 21.9 Å². The van der Waals surface area contributed by atoms with Crippen LogP contribution in [0.2, 0.25) is 0 Å². The van der Waals surface area contributed by atoms with Crippen LogP contribution in [0.5, 0.6) is 0 Å². The summed E-state index contributed by atoms with van der Waals surface area (Å²) in [6.45, 7) is 1.86. The molecule has 1 saturated carbocycles. The van der Waals surface area contributed by atoms with Crippen molar-refractivity contribution in [2.24, 2.45) is 0 Å².